The lowest BCUT2D eigenvalue weighted by Crippen LogP contribution is -2.52. The quantitative estimate of drug-likeness (QED) is 0.381. The van der Waals surface area contributed by atoms with Gasteiger partial charge in [-0.2, -0.15) is 0 Å². The molecule has 4 aliphatic carbocycles. The maximum Gasteiger partial charge on any atom is 0.302 e. The summed E-state index contributed by atoms with van der Waals surface area (Å²) in [5.74, 6) is 3.05. The van der Waals surface area contributed by atoms with Crippen LogP contribution in [0.1, 0.15) is 72.1 Å². The van der Waals surface area contributed by atoms with E-state index in [1.807, 2.05) is 17.8 Å². The number of hydrogen-bond donors (Lipinski definition) is 0. The monoisotopic (exact) mass is 452 g/mol. The molecular formula is C28H36O3S. The Morgan fingerprint density at radius 2 is 1.81 bits per heavy atom. The topological polar surface area (TPSA) is 43.4 Å². The van der Waals surface area contributed by atoms with Crippen LogP contribution in [0.4, 0.5) is 0 Å². The Hall–Kier alpha value is -1.55. The first-order chi connectivity index (χ1) is 15.3. The van der Waals surface area contributed by atoms with Gasteiger partial charge in [0.2, 0.25) is 0 Å². The highest BCUT2D eigenvalue weighted by atomic mass is 32.2. The molecule has 0 amide bonds. The SMILES string of the molecule is CC(=O)OC1CCC2C3CCC4=C(CSc5ccccc5)C(=O)CCC4(C)C3CCC12C. The lowest BCUT2D eigenvalue weighted by molar-refractivity contribution is -0.157. The molecular weight excluding hydrogens is 416 g/mol. The molecule has 172 valence electrons. The number of ketones is 1. The van der Waals surface area contributed by atoms with Gasteiger partial charge >= 0.3 is 5.97 Å². The van der Waals surface area contributed by atoms with Crippen LogP contribution in [0.5, 0.6) is 0 Å². The molecule has 0 bridgehead atoms. The molecule has 0 heterocycles. The molecule has 0 aliphatic heterocycles. The van der Waals surface area contributed by atoms with Crippen molar-refractivity contribution in [1.82, 2.24) is 0 Å². The highest BCUT2D eigenvalue weighted by Crippen LogP contribution is 2.66. The Morgan fingerprint density at radius 3 is 2.56 bits per heavy atom. The van der Waals surface area contributed by atoms with Crippen LogP contribution in [0.2, 0.25) is 0 Å². The molecule has 3 fully saturated rings. The number of esters is 1. The number of fused-ring (bicyclic) bond motifs is 5. The summed E-state index contributed by atoms with van der Waals surface area (Å²) < 4.78 is 5.80. The second kappa shape index (κ2) is 8.34. The van der Waals surface area contributed by atoms with E-state index in [4.69, 9.17) is 4.74 Å². The van der Waals surface area contributed by atoms with Gasteiger partial charge in [-0.05, 0) is 80.2 Å². The van der Waals surface area contributed by atoms with E-state index in [2.05, 4.69) is 38.1 Å². The van der Waals surface area contributed by atoms with E-state index in [9.17, 15) is 9.59 Å². The second-order valence-electron chi connectivity index (χ2n) is 11.0. The number of carbonyl (C=O) groups is 2. The van der Waals surface area contributed by atoms with Crippen LogP contribution in [0.15, 0.2) is 46.4 Å². The van der Waals surface area contributed by atoms with Crippen molar-refractivity contribution < 1.29 is 14.3 Å². The Kier molecular flexibility index (Phi) is 5.80. The molecule has 32 heavy (non-hydrogen) atoms. The summed E-state index contributed by atoms with van der Waals surface area (Å²) in [7, 11) is 0. The minimum atomic E-state index is -0.133. The van der Waals surface area contributed by atoms with Crippen molar-refractivity contribution in [2.24, 2.45) is 28.6 Å². The van der Waals surface area contributed by atoms with Crippen LogP contribution in [-0.2, 0) is 14.3 Å². The van der Waals surface area contributed by atoms with Gasteiger partial charge in [-0.1, -0.05) is 37.6 Å². The molecule has 5 rings (SSSR count). The fourth-order valence-electron chi connectivity index (χ4n) is 8.01. The zero-order valence-corrected chi connectivity index (χ0v) is 20.5. The molecule has 0 N–H and O–H groups in total. The van der Waals surface area contributed by atoms with Gasteiger partial charge in [-0.15, -0.1) is 11.8 Å². The van der Waals surface area contributed by atoms with Gasteiger partial charge in [0.15, 0.2) is 5.78 Å². The average Bonchev–Trinajstić information content (AvgIpc) is 3.10. The minimum Gasteiger partial charge on any atom is -0.462 e. The van der Waals surface area contributed by atoms with Crippen molar-refractivity contribution in [2.75, 3.05) is 5.75 Å². The Labute approximate surface area is 196 Å². The van der Waals surface area contributed by atoms with E-state index in [1.54, 1.807) is 6.92 Å². The smallest absolute Gasteiger partial charge is 0.302 e. The lowest BCUT2D eigenvalue weighted by Gasteiger charge is -2.58. The number of rotatable bonds is 4. The predicted molar refractivity (Wildman–Crippen MR) is 128 cm³/mol. The first-order valence-electron chi connectivity index (χ1n) is 12.4. The van der Waals surface area contributed by atoms with Gasteiger partial charge in [-0.25, -0.2) is 0 Å². The second-order valence-corrected chi connectivity index (χ2v) is 12.1. The number of thioether (sulfide) groups is 1. The van der Waals surface area contributed by atoms with Crippen molar-refractivity contribution in [3.05, 3.63) is 41.5 Å². The van der Waals surface area contributed by atoms with Gasteiger partial charge in [-0.3, -0.25) is 9.59 Å². The van der Waals surface area contributed by atoms with Crippen LogP contribution in [0.25, 0.3) is 0 Å². The van der Waals surface area contributed by atoms with E-state index < -0.39 is 0 Å². The molecule has 6 atom stereocenters. The van der Waals surface area contributed by atoms with E-state index in [1.165, 1.54) is 29.7 Å². The molecule has 1 aromatic carbocycles. The number of allylic oxidation sites excluding steroid dienone is 1. The minimum absolute atomic E-state index is 0.0847. The molecule has 3 nitrogen and oxygen atoms in total. The average molecular weight is 453 g/mol. The van der Waals surface area contributed by atoms with Crippen molar-refractivity contribution in [2.45, 2.75) is 83.1 Å². The van der Waals surface area contributed by atoms with Crippen molar-refractivity contribution in [3.63, 3.8) is 0 Å². The molecule has 0 saturated heterocycles. The number of ether oxygens (including phenoxy) is 1. The van der Waals surface area contributed by atoms with Gasteiger partial charge < -0.3 is 4.74 Å². The summed E-state index contributed by atoms with van der Waals surface area (Å²) in [6.45, 7) is 6.41. The summed E-state index contributed by atoms with van der Waals surface area (Å²) in [6.07, 6.45) is 8.59. The maximum atomic E-state index is 13.0. The molecule has 4 aliphatic rings. The van der Waals surface area contributed by atoms with Crippen molar-refractivity contribution in [3.8, 4) is 0 Å². The van der Waals surface area contributed by atoms with Crippen LogP contribution in [0.3, 0.4) is 0 Å². The third-order valence-corrected chi connectivity index (χ3v) is 10.6. The summed E-state index contributed by atoms with van der Waals surface area (Å²) in [5, 5.41) is 0. The predicted octanol–water partition coefficient (Wildman–Crippen LogP) is 6.61. The maximum absolute atomic E-state index is 13.0. The fraction of sp³-hybridized carbons (Fsp3) is 0.643. The highest BCUT2D eigenvalue weighted by molar-refractivity contribution is 7.99. The van der Waals surface area contributed by atoms with E-state index in [-0.39, 0.29) is 22.9 Å². The van der Waals surface area contributed by atoms with Gasteiger partial charge in [0.25, 0.3) is 0 Å². The van der Waals surface area contributed by atoms with Crippen LogP contribution in [0, 0.1) is 28.6 Å². The first kappa shape index (κ1) is 22.3. The first-order valence-corrected chi connectivity index (χ1v) is 13.4. The number of Topliss-reactive ketones (excluding diaryl/α,β-unsaturated/α-hetero) is 1. The molecule has 1 aromatic rings. The summed E-state index contributed by atoms with van der Waals surface area (Å²) in [5.41, 5.74) is 2.89. The molecule has 0 radical (unpaired) electrons. The Bertz CT molecular complexity index is 937. The fourth-order valence-corrected chi connectivity index (χ4v) is 9.01. The number of carbonyl (C=O) groups excluding carboxylic acids is 2. The van der Waals surface area contributed by atoms with Crippen molar-refractivity contribution in [1.29, 1.82) is 0 Å². The Morgan fingerprint density at radius 1 is 1.03 bits per heavy atom. The van der Waals surface area contributed by atoms with Crippen LogP contribution < -0.4 is 0 Å². The Balaban J connectivity index is 1.41. The van der Waals surface area contributed by atoms with Gasteiger partial charge in [0.1, 0.15) is 6.10 Å². The van der Waals surface area contributed by atoms with Crippen molar-refractivity contribution >= 4 is 23.5 Å². The normalized spacial score (nSPS) is 38.7. The van der Waals surface area contributed by atoms with Crippen LogP contribution in [-0.4, -0.2) is 23.6 Å². The number of hydrogen-bond acceptors (Lipinski definition) is 4. The van der Waals surface area contributed by atoms with E-state index in [0.29, 0.717) is 30.0 Å². The standard InChI is InChI=1S/C28H36O3S/c1-18(29)31-26-12-11-22-20-9-10-23-21(17-32-19-7-5-4-6-8-19)25(30)14-16-27(23,2)24(20)13-15-28(22,26)3/h4-8,20,22,24,26H,9-17H2,1-3H3. The summed E-state index contributed by atoms with van der Waals surface area (Å²) in [4.78, 5) is 26.0. The van der Waals surface area contributed by atoms with E-state index in [0.717, 1.165) is 37.0 Å². The molecule has 3 saturated carbocycles. The molecule has 0 aromatic heterocycles. The summed E-state index contributed by atoms with van der Waals surface area (Å²) in [6, 6.07) is 10.5. The third-order valence-electron chi connectivity index (χ3n) is 9.59. The largest absolute Gasteiger partial charge is 0.462 e. The highest BCUT2D eigenvalue weighted by Gasteiger charge is 2.60. The van der Waals surface area contributed by atoms with Crippen LogP contribution >= 0.6 is 11.8 Å². The molecule has 6 unspecified atom stereocenters. The van der Waals surface area contributed by atoms with Gasteiger partial charge in [0, 0.05) is 35.0 Å². The zero-order valence-electron chi connectivity index (χ0n) is 19.7. The third kappa shape index (κ3) is 3.57. The molecule has 0 spiro atoms. The van der Waals surface area contributed by atoms with E-state index >= 15 is 0 Å². The summed E-state index contributed by atoms with van der Waals surface area (Å²) >= 11 is 1.81. The van der Waals surface area contributed by atoms with Gasteiger partial charge in [0.05, 0.1) is 0 Å². The lowest BCUT2D eigenvalue weighted by atomic mass is 9.47. The number of benzene rings is 1. The zero-order chi connectivity index (χ0) is 22.5. The molecule has 4 heteroatoms.